The molecule has 21 heavy (non-hydrogen) atoms. The highest BCUT2D eigenvalue weighted by molar-refractivity contribution is 5.77. The van der Waals surface area contributed by atoms with Gasteiger partial charge in [0, 0.05) is 38.0 Å². The summed E-state index contributed by atoms with van der Waals surface area (Å²) >= 11 is 0. The molecule has 0 aliphatic heterocycles. The largest absolute Gasteiger partial charge is 0.487 e. The van der Waals surface area contributed by atoms with Crippen LogP contribution < -0.4 is 10.1 Å². The molecule has 0 aromatic heterocycles. The van der Waals surface area contributed by atoms with Crippen molar-refractivity contribution < 1.29 is 24.3 Å². The second-order valence-electron chi connectivity index (χ2n) is 4.19. The minimum atomic E-state index is -1.02. The van der Waals surface area contributed by atoms with Crippen LogP contribution >= 0.6 is 0 Å². The van der Waals surface area contributed by atoms with E-state index in [1.165, 1.54) is 25.3 Å². The Morgan fingerprint density at radius 1 is 1.52 bits per heavy atom. The molecule has 0 bridgehead atoms. The summed E-state index contributed by atoms with van der Waals surface area (Å²) in [6.45, 7) is 2.27. The molecule has 116 valence electrons. The molecule has 0 aliphatic rings. The normalized spacial score (nSPS) is 11.7. The van der Waals surface area contributed by atoms with E-state index < -0.39 is 16.9 Å². The third-order valence-corrected chi connectivity index (χ3v) is 2.71. The van der Waals surface area contributed by atoms with Crippen molar-refractivity contribution in [3.63, 3.8) is 0 Å². The topological polar surface area (TPSA) is 111 Å². The molecule has 0 amide bonds. The highest BCUT2D eigenvalue weighted by Gasteiger charge is 2.20. The fourth-order valence-corrected chi connectivity index (χ4v) is 1.72. The monoisotopic (exact) mass is 298 g/mol. The number of rotatable bonds is 9. The van der Waals surface area contributed by atoms with Gasteiger partial charge in [0.05, 0.1) is 11.5 Å². The number of anilines is 1. The molecule has 1 atom stereocenters. The third kappa shape index (κ3) is 4.92. The summed E-state index contributed by atoms with van der Waals surface area (Å²) < 4.78 is 10.1. The van der Waals surface area contributed by atoms with E-state index in [-0.39, 0.29) is 31.1 Å². The number of nitrogens with zero attached hydrogens (tertiary/aromatic N) is 1. The van der Waals surface area contributed by atoms with Gasteiger partial charge in [0.1, 0.15) is 6.04 Å². The van der Waals surface area contributed by atoms with Gasteiger partial charge in [-0.2, -0.15) is 0 Å². The molecule has 0 saturated carbocycles. The minimum Gasteiger partial charge on any atom is -0.487 e. The van der Waals surface area contributed by atoms with Crippen molar-refractivity contribution in [1.82, 2.24) is 0 Å². The molecule has 0 radical (unpaired) electrons. The Bertz CT molecular complexity index is 505. The van der Waals surface area contributed by atoms with Gasteiger partial charge in [-0.05, 0) is 13.0 Å². The molecule has 1 aromatic carbocycles. The second-order valence-corrected chi connectivity index (χ2v) is 4.19. The first-order valence-corrected chi connectivity index (χ1v) is 6.39. The Kier molecular flexibility index (Phi) is 6.41. The Balaban J connectivity index is 2.94. The smallest absolute Gasteiger partial charge is 0.326 e. The number of nitro benzene ring substituents is 1. The summed E-state index contributed by atoms with van der Waals surface area (Å²) in [5.74, 6) is -0.924. The van der Waals surface area contributed by atoms with Crippen LogP contribution in [0.5, 0.6) is 5.75 Å². The number of ether oxygens (including phenoxy) is 2. The number of nitro groups is 1. The van der Waals surface area contributed by atoms with Crippen molar-refractivity contribution in [3.8, 4) is 5.75 Å². The third-order valence-electron chi connectivity index (χ3n) is 2.71. The summed E-state index contributed by atoms with van der Waals surface area (Å²) in [6, 6.07) is 3.30. The zero-order valence-corrected chi connectivity index (χ0v) is 11.9. The quantitative estimate of drug-likeness (QED) is 0.529. The fourth-order valence-electron chi connectivity index (χ4n) is 1.72. The number of benzene rings is 1. The second kappa shape index (κ2) is 8.05. The van der Waals surface area contributed by atoms with Gasteiger partial charge in [-0.25, -0.2) is 4.79 Å². The Labute approximate surface area is 121 Å². The molecule has 2 N–H and O–H groups in total. The van der Waals surface area contributed by atoms with Crippen LogP contribution in [0.3, 0.4) is 0 Å². The standard InChI is InChI=1S/C13H18N2O6/c1-3-21-12-8-9(4-5-11(12)15(18)19)14-10(13(16)17)6-7-20-2/h4-5,8,10,14H,3,6-7H2,1-2H3,(H,16,17). The first-order valence-electron chi connectivity index (χ1n) is 6.39. The van der Waals surface area contributed by atoms with E-state index in [1.807, 2.05) is 0 Å². The van der Waals surface area contributed by atoms with E-state index in [0.717, 1.165) is 0 Å². The van der Waals surface area contributed by atoms with Gasteiger partial charge in [-0.15, -0.1) is 0 Å². The van der Waals surface area contributed by atoms with Gasteiger partial charge in [0.2, 0.25) is 0 Å². The number of carboxylic acid groups (broad SMARTS) is 1. The highest BCUT2D eigenvalue weighted by atomic mass is 16.6. The average Bonchev–Trinajstić information content (AvgIpc) is 2.43. The van der Waals surface area contributed by atoms with Crippen LogP contribution in [0.1, 0.15) is 13.3 Å². The Morgan fingerprint density at radius 2 is 2.24 bits per heavy atom. The number of methoxy groups -OCH3 is 1. The van der Waals surface area contributed by atoms with Gasteiger partial charge >= 0.3 is 11.7 Å². The van der Waals surface area contributed by atoms with E-state index in [1.54, 1.807) is 6.92 Å². The van der Waals surface area contributed by atoms with Crippen LogP contribution in [0.2, 0.25) is 0 Å². The number of carboxylic acids is 1. The Hall–Kier alpha value is -2.35. The molecule has 0 fully saturated rings. The summed E-state index contributed by atoms with van der Waals surface area (Å²) in [4.78, 5) is 21.5. The predicted molar refractivity (Wildman–Crippen MR) is 75.8 cm³/mol. The highest BCUT2D eigenvalue weighted by Crippen LogP contribution is 2.30. The predicted octanol–water partition coefficient (Wildman–Crippen LogP) is 1.90. The minimum absolute atomic E-state index is 0.100. The summed E-state index contributed by atoms with van der Waals surface area (Å²) in [7, 11) is 1.48. The maximum absolute atomic E-state index is 11.1. The van der Waals surface area contributed by atoms with Crippen LogP contribution in [0.15, 0.2) is 18.2 Å². The van der Waals surface area contributed by atoms with Crippen LogP contribution in [0, 0.1) is 10.1 Å². The lowest BCUT2D eigenvalue weighted by Crippen LogP contribution is -2.30. The van der Waals surface area contributed by atoms with Crippen molar-refractivity contribution in [3.05, 3.63) is 28.3 Å². The average molecular weight is 298 g/mol. The first kappa shape index (κ1) is 16.7. The molecule has 1 unspecified atom stereocenters. The molecule has 8 heteroatoms. The van der Waals surface area contributed by atoms with Crippen LogP contribution in [0.4, 0.5) is 11.4 Å². The van der Waals surface area contributed by atoms with Gasteiger partial charge in [0.25, 0.3) is 0 Å². The van der Waals surface area contributed by atoms with E-state index in [9.17, 15) is 14.9 Å². The van der Waals surface area contributed by atoms with Crippen molar-refractivity contribution in [2.45, 2.75) is 19.4 Å². The molecular formula is C13H18N2O6. The van der Waals surface area contributed by atoms with Crippen molar-refractivity contribution in [2.24, 2.45) is 0 Å². The zero-order chi connectivity index (χ0) is 15.8. The van der Waals surface area contributed by atoms with Crippen LogP contribution in [0.25, 0.3) is 0 Å². The Morgan fingerprint density at radius 3 is 2.76 bits per heavy atom. The number of hydrogen-bond donors (Lipinski definition) is 2. The molecule has 0 aliphatic carbocycles. The molecule has 0 saturated heterocycles. The zero-order valence-electron chi connectivity index (χ0n) is 11.9. The molecule has 0 heterocycles. The number of nitrogens with one attached hydrogen (secondary N) is 1. The summed E-state index contributed by atoms with van der Waals surface area (Å²) in [5, 5.41) is 22.8. The lowest BCUT2D eigenvalue weighted by Gasteiger charge is -2.16. The molecular weight excluding hydrogens is 280 g/mol. The maximum Gasteiger partial charge on any atom is 0.326 e. The molecule has 0 spiro atoms. The van der Waals surface area contributed by atoms with E-state index in [4.69, 9.17) is 14.6 Å². The van der Waals surface area contributed by atoms with Crippen LogP contribution in [-0.2, 0) is 9.53 Å². The van der Waals surface area contributed by atoms with Crippen molar-refractivity contribution >= 4 is 17.3 Å². The van der Waals surface area contributed by atoms with Gasteiger partial charge in [-0.3, -0.25) is 10.1 Å². The van der Waals surface area contributed by atoms with Gasteiger partial charge < -0.3 is 19.9 Å². The first-order chi connectivity index (χ1) is 9.99. The lowest BCUT2D eigenvalue weighted by atomic mass is 10.2. The number of hydrogen-bond acceptors (Lipinski definition) is 6. The van der Waals surface area contributed by atoms with Gasteiger partial charge in [-0.1, -0.05) is 0 Å². The van der Waals surface area contributed by atoms with Crippen molar-refractivity contribution in [2.75, 3.05) is 25.6 Å². The van der Waals surface area contributed by atoms with E-state index >= 15 is 0 Å². The van der Waals surface area contributed by atoms with Gasteiger partial charge in [0.15, 0.2) is 5.75 Å². The SMILES string of the molecule is CCOc1cc(NC(CCOC)C(=O)O)ccc1[N+](=O)[O-]. The summed E-state index contributed by atoms with van der Waals surface area (Å²) in [6.07, 6.45) is 0.271. The molecule has 1 rings (SSSR count). The fraction of sp³-hybridized carbons (Fsp3) is 0.462. The molecule has 8 nitrogen and oxygen atoms in total. The van der Waals surface area contributed by atoms with Crippen molar-refractivity contribution in [1.29, 1.82) is 0 Å². The number of aliphatic carboxylic acids is 1. The van der Waals surface area contributed by atoms with Crippen LogP contribution in [-0.4, -0.2) is 42.4 Å². The summed E-state index contributed by atoms with van der Waals surface area (Å²) in [5.41, 5.74) is 0.277. The maximum atomic E-state index is 11.1. The van der Waals surface area contributed by atoms with E-state index in [0.29, 0.717) is 5.69 Å². The lowest BCUT2D eigenvalue weighted by molar-refractivity contribution is -0.385. The van der Waals surface area contributed by atoms with E-state index in [2.05, 4.69) is 5.32 Å². The molecule has 1 aromatic rings. The number of carbonyl (C=O) groups is 1.